The van der Waals surface area contributed by atoms with Crippen molar-refractivity contribution in [3.8, 4) is 45.3 Å². The maximum absolute atomic E-state index is 6.73. The van der Waals surface area contributed by atoms with Crippen LogP contribution in [0.4, 0.5) is 0 Å². The van der Waals surface area contributed by atoms with Crippen molar-refractivity contribution in [2.24, 2.45) is 0 Å². The van der Waals surface area contributed by atoms with Crippen LogP contribution in [0.15, 0.2) is 160 Å². The molecule has 0 bridgehead atoms. The highest BCUT2D eigenvalue weighted by molar-refractivity contribution is 6.19. The summed E-state index contributed by atoms with van der Waals surface area (Å²) in [4.78, 5) is 15.3. The average molecular weight is 616 g/mol. The highest BCUT2D eigenvalue weighted by atomic mass is 16.3. The molecule has 0 N–H and O–H groups in total. The molecule has 0 radical (unpaired) electrons. The normalized spacial score (nSPS) is 11.8. The highest BCUT2D eigenvalue weighted by Crippen LogP contribution is 2.42. The number of hydrogen-bond donors (Lipinski definition) is 0. The summed E-state index contributed by atoms with van der Waals surface area (Å²) in [6.07, 6.45) is 0. The van der Waals surface area contributed by atoms with E-state index in [0.29, 0.717) is 17.5 Å². The molecule has 0 aliphatic carbocycles. The van der Waals surface area contributed by atoms with Gasteiger partial charge in [0.2, 0.25) is 0 Å². The minimum atomic E-state index is 0.563. The minimum Gasteiger partial charge on any atom is -0.456 e. The molecule has 0 aliphatic heterocycles. The first kappa shape index (κ1) is 26.6. The Morgan fingerprint density at radius 2 is 1.00 bits per heavy atom. The minimum absolute atomic E-state index is 0.563. The molecule has 3 heterocycles. The molecule has 0 amide bonds. The smallest absolute Gasteiger partial charge is 0.164 e. The molecule has 5 heteroatoms. The second-order valence-corrected chi connectivity index (χ2v) is 12.0. The SMILES string of the molecule is c1ccc(-c2nc(-c3cc(-c4ccccc4)c4c(c3)oc3c5ccccc5ccc34)nc(-c3cccc4oc5ccccc5c34)n2)cc1. The van der Waals surface area contributed by atoms with E-state index in [-0.39, 0.29) is 0 Å². The summed E-state index contributed by atoms with van der Waals surface area (Å²) in [6.45, 7) is 0. The zero-order valence-electron chi connectivity index (χ0n) is 25.6. The summed E-state index contributed by atoms with van der Waals surface area (Å²) in [5.74, 6) is 1.73. The van der Waals surface area contributed by atoms with Crippen molar-refractivity contribution >= 4 is 54.6 Å². The molecule has 0 atom stereocenters. The molecular weight excluding hydrogens is 590 g/mol. The average Bonchev–Trinajstić information content (AvgIpc) is 3.74. The van der Waals surface area contributed by atoms with Crippen LogP contribution in [0.2, 0.25) is 0 Å². The molecule has 7 aromatic carbocycles. The van der Waals surface area contributed by atoms with Crippen LogP contribution >= 0.6 is 0 Å². The molecule has 10 rings (SSSR count). The fourth-order valence-electron chi connectivity index (χ4n) is 6.91. The van der Waals surface area contributed by atoms with Crippen LogP contribution in [-0.2, 0) is 0 Å². The summed E-state index contributed by atoms with van der Waals surface area (Å²) in [5.41, 5.74) is 8.06. The summed E-state index contributed by atoms with van der Waals surface area (Å²) < 4.78 is 13.0. The maximum atomic E-state index is 6.73. The summed E-state index contributed by atoms with van der Waals surface area (Å²) >= 11 is 0. The standard InChI is InChI=1S/C43H25N3O2/c1-3-12-26(13-4-1)34-24-29(25-37-39(34)32-23-22-27-14-7-8-17-30(27)40(32)48-37)42-44-41(28-15-5-2-6-16-28)45-43(46-42)33-19-11-21-36-38(33)31-18-9-10-20-35(31)47-36/h1-25H. The van der Waals surface area contributed by atoms with Crippen molar-refractivity contribution in [2.75, 3.05) is 0 Å². The van der Waals surface area contributed by atoms with Gasteiger partial charge in [-0.1, -0.05) is 121 Å². The van der Waals surface area contributed by atoms with Gasteiger partial charge in [0.1, 0.15) is 22.3 Å². The molecule has 224 valence electrons. The van der Waals surface area contributed by atoms with E-state index < -0.39 is 0 Å². The van der Waals surface area contributed by atoms with Gasteiger partial charge in [0.15, 0.2) is 17.5 Å². The summed E-state index contributed by atoms with van der Waals surface area (Å²) in [6, 6.07) is 51.5. The van der Waals surface area contributed by atoms with Gasteiger partial charge in [-0.25, -0.2) is 15.0 Å². The van der Waals surface area contributed by atoms with Gasteiger partial charge in [-0.3, -0.25) is 0 Å². The predicted molar refractivity (Wildman–Crippen MR) is 194 cm³/mol. The maximum Gasteiger partial charge on any atom is 0.164 e. The lowest BCUT2D eigenvalue weighted by Crippen LogP contribution is -2.00. The van der Waals surface area contributed by atoms with E-state index in [2.05, 4.69) is 84.9 Å². The molecule has 5 nitrogen and oxygen atoms in total. The number of aromatic nitrogens is 3. The molecular formula is C43H25N3O2. The molecule has 0 aliphatic rings. The Hall–Kier alpha value is -6.59. The van der Waals surface area contributed by atoms with Gasteiger partial charge in [0.25, 0.3) is 0 Å². The molecule has 0 saturated heterocycles. The van der Waals surface area contributed by atoms with Gasteiger partial charge >= 0.3 is 0 Å². The van der Waals surface area contributed by atoms with Crippen molar-refractivity contribution in [3.63, 3.8) is 0 Å². The number of hydrogen-bond acceptors (Lipinski definition) is 5. The number of nitrogens with zero attached hydrogens (tertiary/aromatic N) is 3. The van der Waals surface area contributed by atoms with Crippen LogP contribution in [0.25, 0.3) is 99.9 Å². The van der Waals surface area contributed by atoms with Gasteiger partial charge in [-0.2, -0.15) is 0 Å². The Bertz CT molecular complexity index is 2840. The van der Waals surface area contributed by atoms with E-state index in [1.165, 1.54) is 0 Å². The van der Waals surface area contributed by atoms with Crippen molar-refractivity contribution in [1.29, 1.82) is 0 Å². The zero-order chi connectivity index (χ0) is 31.6. The lowest BCUT2D eigenvalue weighted by molar-refractivity contribution is 0.669. The molecule has 48 heavy (non-hydrogen) atoms. The zero-order valence-corrected chi connectivity index (χ0v) is 25.6. The molecule has 0 unspecified atom stereocenters. The van der Waals surface area contributed by atoms with E-state index >= 15 is 0 Å². The molecule has 0 fully saturated rings. The van der Waals surface area contributed by atoms with Gasteiger partial charge in [0, 0.05) is 43.6 Å². The Labute approximate surface area is 274 Å². The largest absolute Gasteiger partial charge is 0.456 e. The summed E-state index contributed by atoms with van der Waals surface area (Å²) in [5, 5.41) is 6.37. The first-order chi connectivity index (χ1) is 23.8. The third-order valence-electron chi connectivity index (χ3n) is 9.12. The fraction of sp³-hybridized carbons (Fsp3) is 0. The van der Waals surface area contributed by atoms with E-state index in [4.69, 9.17) is 23.8 Å². The summed E-state index contributed by atoms with van der Waals surface area (Å²) in [7, 11) is 0. The number of rotatable bonds is 4. The number of fused-ring (bicyclic) bond motifs is 8. The molecule has 10 aromatic rings. The van der Waals surface area contributed by atoms with Crippen molar-refractivity contribution < 1.29 is 8.83 Å². The van der Waals surface area contributed by atoms with Crippen molar-refractivity contribution in [1.82, 2.24) is 15.0 Å². The number of benzene rings is 7. The molecule has 0 spiro atoms. The lowest BCUT2D eigenvalue weighted by atomic mass is 9.96. The number of para-hydroxylation sites is 1. The molecule has 0 saturated carbocycles. The van der Waals surface area contributed by atoms with Gasteiger partial charge in [-0.05, 0) is 46.8 Å². The van der Waals surface area contributed by atoms with E-state index in [9.17, 15) is 0 Å². The predicted octanol–water partition coefficient (Wildman–Crippen LogP) is 11.5. The van der Waals surface area contributed by atoms with Crippen LogP contribution in [0.5, 0.6) is 0 Å². The van der Waals surface area contributed by atoms with Crippen LogP contribution in [-0.4, -0.2) is 15.0 Å². The number of furan rings is 2. The first-order valence-electron chi connectivity index (χ1n) is 15.9. The first-order valence-corrected chi connectivity index (χ1v) is 15.9. The second-order valence-electron chi connectivity index (χ2n) is 12.0. The van der Waals surface area contributed by atoms with Crippen LogP contribution < -0.4 is 0 Å². The van der Waals surface area contributed by atoms with Crippen molar-refractivity contribution in [3.05, 3.63) is 152 Å². The van der Waals surface area contributed by atoms with Crippen LogP contribution in [0, 0.1) is 0 Å². The van der Waals surface area contributed by atoms with Crippen LogP contribution in [0.3, 0.4) is 0 Å². The lowest BCUT2D eigenvalue weighted by Gasteiger charge is -2.11. The Morgan fingerprint density at radius 3 is 1.83 bits per heavy atom. The Balaban J connectivity index is 1.28. The highest BCUT2D eigenvalue weighted by Gasteiger charge is 2.21. The van der Waals surface area contributed by atoms with Crippen molar-refractivity contribution in [2.45, 2.75) is 0 Å². The topological polar surface area (TPSA) is 65.0 Å². The van der Waals surface area contributed by atoms with E-state index in [1.807, 2.05) is 66.7 Å². The van der Waals surface area contributed by atoms with Crippen LogP contribution in [0.1, 0.15) is 0 Å². The third kappa shape index (κ3) is 4.15. The van der Waals surface area contributed by atoms with E-state index in [0.717, 1.165) is 82.5 Å². The second kappa shape index (κ2) is 10.5. The van der Waals surface area contributed by atoms with Gasteiger partial charge in [0.05, 0.1) is 0 Å². The Morgan fingerprint density at radius 1 is 0.354 bits per heavy atom. The van der Waals surface area contributed by atoms with Gasteiger partial charge < -0.3 is 8.83 Å². The fourth-order valence-corrected chi connectivity index (χ4v) is 6.91. The molecule has 3 aromatic heterocycles. The quantitative estimate of drug-likeness (QED) is 0.197. The van der Waals surface area contributed by atoms with E-state index in [1.54, 1.807) is 0 Å². The Kier molecular flexibility index (Phi) is 5.81. The third-order valence-corrected chi connectivity index (χ3v) is 9.12. The van der Waals surface area contributed by atoms with Gasteiger partial charge in [-0.15, -0.1) is 0 Å². The monoisotopic (exact) mass is 615 g/mol.